The molecule has 0 bridgehead atoms. The average Bonchev–Trinajstić information content (AvgIpc) is 2.78. The second-order valence-corrected chi connectivity index (χ2v) is 9.08. The molecule has 0 unspecified atom stereocenters. The van der Waals surface area contributed by atoms with Crippen molar-refractivity contribution in [1.29, 1.82) is 0 Å². The Morgan fingerprint density at radius 3 is 2.31 bits per heavy atom. The fourth-order valence-corrected chi connectivity index (χ4v) is 4.61. The van der Waals surface area contributed by atoms with E-state index in [0.29, 0.717) is 12.0 Å². The summed E-state index contributed by atoms with van der Waals surface area (Å²) in [6.07, 6.45) is 9.22. The van der Waals surface area contributed by atoms with Crippen LogP contribution in [0.4, 0.5) is 0 Å². The normalized spacial score (nSPS) is 26.0. The number of amidine groups is 1. The Hall–Kier alpha value is -0.940. The first-order chi connectivity index (χ1) is 12.5. The van der Waals surface area contributed by atoms with Crippen molar-refractivity contribution < 1.29 is 4.79 Å². The smallest absolute Gasteiger partial charge is 0.253 e. The number of hydrogen-bond acceptors (Lipinski definition) is 4. The van der Waals surface area contributed by atoms with Gasteiger partial charge in [-0.2, -0.15) is 0 Å². The Labute approximate surface area is 159 Å². The maximum absolute atomic E-state index is 12.6. The van der Waals surface area contributed by atoms with E-state index in [-0.39, 0.29) is 5.91 Å². The summed E-state index contributed by atoms with van der Waals surface area (Å²) in [5.74, 6) is 1.72. The van der Waals surface area contributed by atoms with Gasteiger partial charge < -0.3 is 10.2 Å². The zero-order valence-corrected chi connectivity index (χ0v) is 17.1. The lowest BCUT2D eigenvalue weighted by Crippen LogP contribution is -2.53. The Balaban J connectivity index is 1.50. The summed E-state index contributed by atoms with van der Waals surface area (Å²) < 4.78 is 0. The Bertz CT molecular complexity index is 500. The minimum absolute atomic E-state index is 0.149. The highest BCUT2D eigenvalue weighted by molar-refractivity contribution is 6.08. The number of likely N-dealkylation sites (tertiary alicyclic amines) is 2. The van der Waals surface area contributed by atoms with Crippen molar-refractivity contribution in [1.82, 2.24) is 15.1 Å². The van der Waals surface area contributed by atoms with E-state index >= 15 is 0 Å². The number of amides is 1. The molecule has 0 radical (unpaired) electrons. The Morgan fingerprint density at radius 2 is 1.69 bits per heavy atom. The van der Waals surface area contributed by atoms with Crippen LogP contribution in [0.5, 0.6) is 0 Å². The summed E-state index contributed by atoms with van der Waals surface area (Å²) in [4.78, 5) is 22.7. The molecule has 2 fully saturated rings. The van der Waals surface area contributed by atoms with Crippen LogP contribution in [0.3, 0.4) is 0 Å². The molecule has 0 aromatic carbocycles. The van der Waals surface area contributed by atoms with Crippen molar-refractivity contribution in [2.45, 2.75) is 83.7 Å². The van der Waals surface area contributed by atoms with E-state index in [1.807, 2.05) is 0 Å². The van der Waals surface area contributed by atoms with E-state index in [2.05, 4.69) is 35.9 Å². The molecule has 0 aromatic rings. The van der Waals surface area contributed by atoms with Crippen LogP contribution in [0.25, 0.3) is 0 Å². The molecular weight excluding hydrogens is 324 g/mol. The zero-order chi connectivity index (χ0) is 18.6. The van der Waals surface area contributed by atoms with Crippen LogP contribution in [0, 0.1) is 5.92 Å². The molecular formula is C21H38N4O. The molecule has 3 rings (SSSR count). The van der Waals surface area contributed by atoms with E-state index < -0.39 is 5.54 Å². The summed E-state index contributed by atoms with van der Waals surface area (Å²) in [7, 11) is 0. The summed E-state index contributed by atoms with van der Waals surface area (Å²) in [5, 5.41) is 3.07. The third-order valence-corrected chi connectivity index (χ3v) is 6.46. The number of carbonyl (C=O) groups excluding carboxylic acids is 1. The molecule has 3 aliphatic rings. The predicted molar refractivity (Wildman–Crippen MR) is 108 cm³/mol. The number of hydrogen-bond donors (Lipinski definition) is 1. The van der Waals surface area contributed by atoms with Crippen LogP contribution >= 0.6 is 0 Å². The SMILES string of the molecule is CC(C)CCC1=NC2(CCN([C@@H](C)CN3CCCCCC3)CC2)C(=O)N1. The number of carbonyl (C=O) groups is 1. The first-order valence-corrected chi connectivity index (χ1v) is 10.8. The number of nitrogens with one attached hydrogen (secondary N) is 1. The van der Waals surface area contributed by atoms with Gasteiger partial charge >= 0.3 is 0 Å². The van der Waals surface area contributed by atoms with Gasteiger partial charge in [-0.3, -0.25) is 14.7 Å². The number of piperidine rings is 1. The van der Waals surface area contributed by atoms with Gasteiger partial charge in [-0.25, -0.2) is 0 Å². The zero-order valence-electron chi connectivity index (χ0n) is 17.1. The number of aliphatic imine (C=N–C) groups is 1. The predicted octanol–water partition coefficient (Wildman–Crippen LogP) is 3.05. The summed E-state index contributed by atoms with van der Waals surface area (Å²) >= 11 is 0. The van der Waals surface area contributed by atoms with Crippen LogP contribution in [0.1, 0.15) is 72.1 Å². The van der Waals surface area contributed by atoms with Crippen molar-refractivity contribution in [3.05, 3.63) is 0 Å². The molecule has 0 aromatic heterocycles. The second-order valence-electron chi connectivity index (χ2n) is 9.08. The maximum atomic E-state index is 12.6. The molecule has 1 N–H and O–H groups in total. The van der Waals surface area contributed by atoms with Gasteiger partial charge in [-0.15, -0.1) is 0 Å². The van der Waals surface area contributed by atoms with Crippen LogP contribution in [0.15, 0.2) is 4.99 Å². The molecule has 148 valence electrons. The quantitative estimate of drug-likeness (QED) is 0.790. The summed E-state index contributed by atoms with van der Waals surface area (Å²) in [6.45, 7) is 12.5. The molecule has 0 aliphatic carbocycles. The van der Waals surface area contributed by atoms with Crippen molar-refractivity contribution in [3.63, 3.8) is 0 Å². The molecule has 3 heterocycles. The van der Waals surface area contributed by atoms with Crippen LogP contribution in [-0.2, 0) is 4.79 Å². The van der Waals surface area contributed by atoms with Crippen molar-refractivity contribution in [2.75, 3.05) is 32.7 Å². The van der Waals surface area contributed by atoms with E-state index in [4.69, 9.17) is 4.99 Å². The fourth-order valence-electron chi connectivity index (χ4n) is 4.61. The first-order valence-electron chi connectivity index (χ1n) is 10.8. The van der Waals surface area contributed by atoms with E-state index in [0.717, 1.165) is 44.6 Å². The molecule has 0 saturated carbocycles. The highest BCUT2D eigenvalue weighted by Crippen LogP contribution is 2.31. The van der Waals surface area contributed by atoms with Gasteiger partial charge in [-0.1, -0.05) is 26.7 Å². The largest absolute Gasteiger partial charge is 0.312 e. The van der Waals surface area contributed by atoms with Gasteiger partial charge in [0.1, 0.15) is 11.4 Å². The third kappa shape index (κ3) is 4.86. The van der Waals surface area contributed by atoms with Crippen LogP contribution in [0.2, 0.25) is 0 Å². The fraction of sp³-hybridized carbons (Fsp3) is 0.905. The van der Waals surface area contributed by atoms with Gasteiger partial charge in [0.05, 0.1) is 0 Å². The van der Waals surface area contributed by atoms with Gasteiger partial charge in [-0.05, 0) is 58.0 Å². The molecule has 1 amide bonds. The standard InChI is InChI=1S/C21H38N4O/c1-17(2)8-9-19-22-20(26)21(23-19)10-14-25(15-11-21)18(3)16-24-12-6-4-5-7-13-24/h17-18H,4-16H2,1-3H3,(H,22,23,26)/t18-/m0/s1. The van der Waals surface area contributed by atoms with E-state index in [1.165, 1.54) is 45.3 Å². The molecule has 5 heteroatoms. The molecule has 1 spiro atoms. The lowest BCUT2D eigenvalue weighted by atomic mass is 9.87. The Morgan fingerprint density at radius 1 is 1.04 bits per heavy atom. The lowest BCUT2D eigenvalue weighted by Gasteiger charge is -2.40. The molecule has 26 heavy (non-hydrogen) atoms. The summed E-state index contributed by atoms with van der Waals surface area (Å²) in [6, 6.07) is 0.569. The van der Waals surface area contributed by atoms with Crippen LogP contribution in [-0.4, -0.2) is 65.8 Å². The average molecular weight is 363 g/mol. The first kappa shape index (κ1) is 19.8. The Kier molecular flexibility index (Phi) is 6.73. The van der Waals surface area contributed by atoms with Gasteiger partial charge in [0.25, 0.3) is 5.91 Å². The van der Waals surface area contributed by atoms with E-state index in [9.17, 15) is 4.79 Å². The third-order valence-electron chi connectivity index (χ3n) is 6.46. The molecule has 1 atom stereocenters. The number of rotatable bonds is 6. The minimum Gasteiger partial charge on any atom is -0.312 e. The topological polar surface area (TPSA) is 47.9 Å². The molecule has 5 nitrogen and oxygen atoms in total. The van der Waals surface area contributed by atoms with Crippen molar-refractivity contribution in [3.8, 4) is 0 Å². The van der Waals surface area contributed by atoms with Crippen LogP contribution < -0.4 is 5.32 Å². The van der Waals surface area contributed by atoms with Gasteiger partial charge in [0.15, 0.2) is 0 Å². The monoisotopic (exact) mass is 362 g/mol. The highest BCUT2D eigenvalue weighted by atomic mass is 16.2. The van der Waals surface area contributed by atoms with Gasteiger partial charge in [0.2, 0.25) is 0 Å². The minimum atomic E-state index is -0.467. The van der Waals surface area contributed by atoms with E-state index in [1.54, 1.807) is 0 Å². The highest BCUT2D eigenvalue weighted by Gasteiger charge is 2.45. The number of nitrogens with zero attached hydrogens (tertiary/aromatic N) is 3. The second kappa shape index (κ2) is 8.83. The molecule has 2 saturated heterocycles. The maximum Gasteiger partial charge on any atom is 0.253 e. The van der Waals surface area contributed by atoms with Gasteiger partial charge in [0, 0.05) is 32.1 Å². The molecule has 3 aliphatic heterocycles. The lowest BCUT2D eigenvalue weighted by molar-refractivity contribution is -0.125. The van der Waals surface area contributed by atoms with Crippen molar-refractivity contribution in [2.24, 2.45) is 10.9 Å². The summed E-state index contributed by atoms with van der Waals surface area (Å²) in [5.41, 5.74) is -0.467. The van der Waals surface area contributed by atoms with Crippen molar-refractivity contribution >= 4 is 11.7 Å².